The molecule has 0 heterocycles. The van der Waals surface area contributed by atoms with E-state index in [0.717, 1.165) is 12.8 Å². The van der Waals surface area contributed by atoms with Gasteiger partial charge in [-0.1, -0.05) is 32.6 Å². The quantitative estimate of drug-likeness (QED) is 0.355. The molecule has 3 heteroatoms. The summed E-state index contributed by atoms with van der Waals surface area (Å²) in [6.45, 7) is 4.54. The lowest BCUT2D eigenvalue weighted by molar-refractivity contribution is -0.143. The standard InChI is InChI=1S/C10H20O2.Mg.2H/c1-3-5-6-7-8-9-10(11)12-4-2;;;/h3-9H2,1-2H3;;;. The third kappa shape index (κ3) is 12.2. The molecule has 13 heavy (non-hydrogen) atoms. The van der Waals surface area contributed by atoms with Crippen LogP contribution in [0.5, 0.6) is 0 Å². The van der Waals surface area contributed by atoms with Gasteiger partial charge in [-0.2, -0.15) is 0 Å². The van der Waals surface area contributed by atoms with Crippen molar-refractivity contribution in [2.45, 2.75) is 52.4 Å². The summed E-state index contributed by atoms with van der Waals surface area (Å²) in [5, 5.41) is 0. The second kappa shape index (κ2) is 12.2. The molecule has 0 N–H and O–H groups in total. The summed E-state index contributed by atoms with van der Waals surface area (Å²) in [6, 6.07) is 0. The fraction of sp³-hybridized carbons (Fsp3) is 0.900. The molecule has 2 nitrogen and oxygen atoms in total. The summed E-state index contributed by atoms with van der Waals surface area (Å²) < 4.78 is 4.81. The Balaban J connectivity index is 0. The number of rotatable bonds is 7. The molecular formula is C10H22MgO2. The second-order valence-electron chi connectivity index (χ2n) is 2.97. The van der Waals surface area contributed by atoms with Crippen molar-refractivity contribution in [3.05, 3.63) is 0 Å². The minimum Gasteiger partial charge on any atom is -0.466 e. The Morgan fingerprint density at radius 2 is 1.69 bits per heavy atom. The average Bonchev–Trinajstić information content (AvgIpc) is 2.05. The van der Waals surface area contributed by atoms with E-state index in [9.17, 15) is 4.79 Å². The van der Waals surface area contributed by atoms with Crippen molar-refractivity contribution >= 4 is 29.0 Å². The van der Waals surface area contributed by atoms with Crippen LogP contribution in [0.4, 0.5) is 0 Å². The Hall–Kier alpha value is 0.236. The third-order valence-electron chi connectivity index (χ3n) is 1.79. The van der Waals surface area contributed by atoms with Gasteiger partial charge in [0.2, 0.25) is 0 Å². The van der Waals surface area contributed by atoms with Crippen LogP contribution in [-0.4, -0.2) is 35.6 Å². The van der Waals surface area contributed by atoms with Crippen LogP contribution in [0.1, 0.15) is 52.4 Å². The first-order valence-electron chi connectivity index (χ1n) is 4.96. The Morgan fingerprint density at radius 3 is 2.23 bits per heavy atom. The van der Waals surface area contributed by atoms with Crippen molar-refractivity contribution in [2.75, 3.05) is 6.61 Å². The zero-order chi connectivity index (χ0) is 9.23. The highest BCUT2D eigenvalue weighted by Crippen LogP contribution is 2.05. The minimum absolute atomic E-state index is 0. The van der Waals surface area contributed by atoms with E-state index < -0.39 is 0 Å². The van der Waals surface area contributed by atoms with E-state index in [1.165, 1.54) is 19.3 Å². The number of unbranched alkanes of at least 4 members (excludes halogenated alkanes) is 4. The molecule has 0 aromatic heterocycles. The number of carbonyl (C=O) groups excluding carboxylic acids is 1. The lowest BCUT2D eigenvalue weighted by atomic mass is 10.1. The van der Waals surface area contributed by atoms with E-state index in [1.54, 1.807) is 0 Å². The highest BCUT2D eigenvalue weighted by molar-refractivity contribution is 5.75. The second-order valence-corrected chi connectivity index (χ2v) is 2.97. The van der Waals surface area contributed by atoms with E-state index >= 15 is 0 Å². The van der Waals surface area contributed by atoms with E-state index in [4.69, 9.17) is 4.74 Å². The number of esters is 1. The van der Waals surface area contributed by atoms with Gasteiger partial charge in [0.15, 0.2) is 0 Å². The Kier molecular flexibility index (Phi) is 14.8. The van der Waals surface area contributed by atoms with Gasteiger partial charge in [0.1, 0.15) is 0 Å². The molecule has 76 valence electrons. The summed E-state index contributed by atoms with van der Waals surface area (Å²) in [5.41, 5.74) is 0. The van der Waals surface area contributed by atoms with Gasteiger partial charge in [-0.05, 0) is 13.3 Å². The van der Waals surface area contributed by atoms with Crippen LogP contribution < -0.4 is 0 Å². The molecule has 0 aliphatic carbocycles. The topological polar surface area (TPSA) is 26.3 Å². The molecular weight excluding hydrogens is 176 g/mol. The van der Waals surface area contributed by atoms with E-state index in [0.29, 0.717) is 13.0 Å². The number of hydrogen-bond donors (Lipinski definition) is 0. The van der Waals surface area contributed by atoms with E-state index in [2.05, 4.69) is 6.92 Å². The predicted octanol–water partition coefficient (Wildman–Crippen LogP) is 1.99. The molecule has 0 radical (unpaired) electrons. The van der Waals surface area contributed by atoms with Crippen molar-refractivity contribution in [3.8, 4) is 0 Å². The molecule has 0 aromatic rings. The van der Waals surface area contributed by atoms with Gasteiger partial charge in [0.05, 0.1) is 6.61 Å². The molecule has 0 fully saturated rings. The largest absolute Gasteiger partial charge is 0.466 e. The molecule has 0 spiro atoms. The molecule has 0 unspecified atom stereocenters. The van der Waals surface area contributed by atoms with Crippen LogP contribution in [0, 0.1) is 0 Å². The maximum absolute atomic E-state index is 10.9. The monoisotopic (exact) mass is 198 g/mol. The van der Waals surface area contributed by atoms with Crippen molar-refractivity contribution in [3.63, 3.8) is 0 Å². The van der Waals surface area contributed by atoms with Crippen LogP contribution in [0.3, 0.4) is 0 Å². The third-order valence-corrected chi connectivity index (χ3v) is 1.79. The normalized spacial score (nSPS) is 9.08. The maximum atomic E-state index is 10.9. The Morgan fingerprint density at radius 1 is 1.08 bits per heavy atom. The summed E-state index contributed by atoms with van der Waals surface area (Å²) >= 11 is 0. The predicted molar refractivity (Wildman–Crippen MR) is 58.6 cm³/mol. The number of carbonyl (C=O) groups is 1. The molecule has 0 rings (SSSR count). The lowest BCUT2D eigenvalue weighted by Crippen LogP contribution is -2.02. The molecule has 0 saturated carbocycles. The fourth-order valence-electron chi connectivity index (χ4n) is 1.11. The Labute approximate surface area is 97.6 Å². The average molecular weight is 199 g/mol. The van der Waals surface area contributed by atoms with Gasteiger partial charge in [-0.25, -0.2) is 0 Å². The fourth-order valence-corrected chi connectivity index (χ4v) is 1.11. The van der Waals surface area contributed by atoms with E-state index in [1.807, 2.05) is 6.92 Å². The molecule has 0 aromatic carbocycles. The highest BCUT2D eigenvalue weighted by Gasteiger charge is 1.99. The first-order valence-corrected chi connectivity index (χ1v) is 4.96. The Bertz CT molecular complexity index is 115. The highest BCUT2D eigenvalue weighted by atomic mass is 24.3. The lowest BCUT2D eigenvalue weighted by Gasteiger charge is -2.00. The molecule has 0 bridgehead atoms. The van der Waals surface area contributed by atoms with Crippen molar-refractivity contribution in [2.24, 2.45) is 0 Å². The van der Waals surface area contributed by atoms with Gasteiger partial charge >= 0.3 is 29.0 Å². The van der Waals surface area contributed by atoms with Gasteiger partial charge < -0.3 is 4.74 Å². The van der Waals surface area contributed by atoms with Crippen LogP contribution in [0.2, 0.25) is 0 Å². The molecule has 0 aliphatic heterocycles. The van der Waals surface area contributed by atoms with Crippen LogP contribution in [0.15, 0.2) is 0 Å². The molecule has 0 atom stereocenters. The van der Waals surface area contributed by atoms with Crippen LogP contribution in [-0.2, 0) is 9.53 Å². The zero-order valence-corrected chi connectivity index (χ0v) is 8.27. The molecule has 0 saturated heterocycles. The first kappa shape index (κ1) is 15.7. The van der Waals surface area contributed by atoms with E-state index in [-0.39, 0.29) is 29.0 Å². The van der Waals surface area contributed by atoms with Crippen LogP contribution in [0.25, 0.3) is 0 Å². The summed E-state index contributed by atoms with van der Waals surface area (Å²) in [7, 11) is 0. The van der Waals surface area contributed by atoms with Crippen molar-refractivity contribution in [1.29, 1.82) is 0 Å². The van der Waals surface area contributed by atoms with Crippen molar-refractivity contribution < 1.29 is 9.53 Å². The zero-order valence-electron chi connectivity index (χ0n) is 8.27. The molecule has 0 aliphatic rings. The number of hydrogen-bond acceptors (Lipinski definition) is 2. The summed E-state index contributed by atoms with van der Waals surface area (Å²) in [6.07, 6.45) is 6.52. The van der Waals surface area contributed by atoms with Gasteiger partial charge in [0.25, 0.3) is 0 Å². The summed E-state index contributed by atoms with van der Waals surface area (Å²) in [5.74, 6) is -0.0472. The molecule has 0 amide bonds. The van der Waals surface area contributed by atoms with Gasteiger partial charge in [0, 0.05) is 6.42 Å². The smallest absolute Gasteiger partial charge is 0.316 e. The first-order chi connectivity index (χ1) is 5.81. The SMILES string of the molecule is CCCCCCCC(=O)OCC.[MgH2]. The van der Waals surface area contributed by atoms with Gasteiger partial charge in [-0.3, -0.25) is 4.79 Å². The van der Waals surface area contributed by atoms with Gasteiger partial charge in [-0.15, -0.1) is 0 Å². The van der Waals surface area contributed by atoms with Crippen LogP contribution >= 0.6 is 0 Å². The minimum atomic E-state index is -0.0472. The van der Waals surface area contributed by atoms with Crippen molar-refractivity contribution in [1.82, 2.24) is 0 Å². The summed E-state index contributed by atoms with van der Waals surface area (Å²) in [4.78, 5) is 10.9. The maximum Gasteiger partial charge on any atom is 0.316 e. The number of ether oxygens (including phenoxy) is 1.